The van der Waals surface area contributed by atoms with Gasteiger partial charge in [0.1, 0.15) is 5.75 Å². The molecule has 1 aromatic carbocycles. The average molecular weight is 344 g/mol. The Morgan fingerprint density at radius 2 is 1.68 bits per heavy atom. The Labute approximate surface area is 153 Å². The summed E-state index contributed by atoms with van der Waals surface area (Å²) in [6.45, 7) is 13.0. The smallest absolute Gasteiger partial charge is 0.497 e. The number of ether oxygens (including phenoxy) is 1. The third-order valence-corrected chi connectivity index (χ3v) is 6.09. The van der Waals surface area contributed by atoms with Crippen molar-refractivity contribution in [3.8, 4) is 5.75 Å². The second kappa shape index (κ2) is 6.63. The van der Waals surface area contributed by atoms with E-state index in [0.29, 0.717) is 5.92 Å². The molecule has 0 atom stereocenters. The minimum absolute atomic E-state index is 0.340. The van der Waals surface area contributed by atoms with Crippen LogP contribution in [-0.2, 0) is 28.6 Å². The molecule has 1 saturated heterocycles. The van der Waals surface area contributed by atoms with E-state index >= 15 is 0 Å². The molecule has 3 nitrogen and oxygen atoms in total. The molecule has 138 valence electrons. The van der Waals surface area contributed by atoms with Gasteiger partial charge in [-0.15, -0.1) is 0 Å². The molecule has 1 heterocycles. The maximum atomic E-state index is 6.40. The van der Waals surface area contributed by atoms with Gasteiger partial charge in [-0.1, -0.05) is 13.8 Å². The molecular formula is C21H33BO3. The maximum Gasteiger partial charge on any atom is 0.498 e. The van der Waals surface area contributed by atoms with Gasteiger partial charge in [0, 0.05) is 5.46 Å². The topological polar surface area (TPSA) is 27.7 Å². The largest absolute Gasteiger partial charge is 0.498 e. The third-order valence-electron chi connectivity index (χ3n) is 6.09. The van der Waals surface area contributed by atoms with Gasteiger partial charge in [0.2, 0.25) is 0 Å². The zero-order valence-electron chi connectivity index (χ0n) is 17.0. The van der Waals surface area contributed by atoms with Crippen molar-refractivity contribution in [1.29, 1.82) is 0 Å². The molecule has 25 heavy (non-hydrogen) atoms. The SMILES string of the molecule is COc1cc2c(c(CC(C)C)c1B1OC(C)(C)C(C)(C)O1)CCCC2. The second-order valence-corrected chi connectivity index (χ2v) is 9.00. The molecule has 1 fully saturated rings. The molecule has 0 saturated carbocycles. The summed E-state index contributed by atoms with van der Waals surface area (Å²) in [7, 11) is 1.40. The number of fused-ring (bicyclic) bond motifs is 1. The van der Waals surface area contributed by atoms with Crippen molar-refractivity contribution in [3.05, 3.63) is 22.8 Å². The molecule has 0 radical (unpaired) electrons. The lowest BCUT2D eigenvalue weighted by molar-refractivity contribution is 0.00578. The highest BCUT2D eigenvalue weighted by atomic mass is 16.7. The summed E-state index contributed by atoms with van der Waals surface area (Å²) < 4.78 is 18.6. The lowest BCUT2D eigenvalue weighted by Gasteiger charge is -2.32. The predicted molar refractivity (Wildman–Crippen MR) is 104 cm³/mol. The lowest BCUT2D eigenvalue weighted by Crippen LogP contribution is -2.41. The number of methoxy groups -OCH3 is 1. The molecule has 0 aromatic heterocycles. The minimum Gasteiger partial charge on any atom is -0.497 e. The summed E-state index contributed by atoms with van der Waals surface area (Å²) in [4.78, 5) is 0. The summed E-state index contributed by atoms with van der Waals surface area (Å²) in [5.74, 6) is 1.51. The Hall–Kier alpha value is -0.995. The molecule has 2 aliphatic rings. The van der Waals surface area contributed by atoms with Crippen LogP contribution in [-0.4, -0.2) is 25.4 Å². The van der Waals surface area contributed by atoms with E-state index in [1.54, 1.807) is 7.11 Å². The van der Waals surface area contributed by atoms with Gasteiger partial charge in [-0.25, -0.2) is 0 Å². The molecular weight excluding hydrogens is 311 g/mol. The normalized spacial score (nSPS) is 21.5. The van der Waals surface area contributed by atoms with Gasteiger partial charge >= 0.3 is 7.12 Å². The quantitative estimate of drug-likeness (QED) is 0.771. The van der Waals surface area contributed by atoms with E-state index in [-0.39, 0.29) is 18.3 Å². The van der Waals surface area contributed by atoms with Crippen LogP contribution >= 0.6 is 0 Å². The third kappa shape index (κ3) is 3.35. The summed E-state index contributed by atoms with van der Waals surface area (Å²) in [6, 6.07) is 2.23. The molecule has 0 unspecified atom stereocenters. The molecule has 1 aromatic rings. The maximum absolute atomic E-state index is 6.40. The number of benzene rings is 1. The molecule has 0 bridgehead atoms. The fourth-order valence-corrected chi connectivity index (χ4v) is 4.01. The number of hydrogen-bond donors (Lipinski definition) is 0. The number of hydrogen-bond acceptors (Lipinski definition) is 3. The Morgan fingerprint density at radius 1 is 1.08 bits per heavy atom. The zero-order valence-corrected chi connectivity index (χ0v) is 17.0. The summed E-state index contributed by atoms with van der Waals surface area (Å²) in [5, 5.41) is 0. The van der Waals surface area contributed by atoms with Crippen LogP contribution in [0.3, 0.4) is 0 Å². The zero-order chi connectivity index (χ0) is 18.4. The molecule has 3 rings (SSSR count). The van der Waals surface area contributed by atoms with E-state index < -0.39 is 0 Å². The number of rotatable bonds is 4. The van der Waals surface area contributed by atoms with E-state index in [9.17, 15) is 0 Å². The van der Waals surface area contributed by atoms with Crippen LogP contribution in [0.4, 0.5) is 0 Å². The molecule has 0 N–H and O–H groups in total. The Bertz CT molecular complexity index is 633. The lowest BCUT2D eigenvalue weighted by atomic mass is 9.69. The first-order valence-corrected chi connectivity index (χ1v) is 9.73. The van der Waals surface area contributed by atoms with Crippen LogP contribution in [0.5, 0.6) is 5.75 Å². The Kier molecular flexibility index (Phi) is 4.98. The van der Waals surface area contributed by atoms with Crippen LogP contribution < -0.4 is 10.2 Å². The highest BCUT2D eigenvalue weighted by Gasteiger charge is 2.53. The van der Waals surface area contributed by atoms with Crippen LogP contribution in [0.1, 0.15) is 71.1 Å². The molecule has 4 heteroatoms. The van der Waals surface area contributed by atoms with E-state index in [0.717, 1.165) is 30.5 Å². The van der Waals surface area contributed by atoms with Crippen molar-refractivity contribution in [2.75, 3.05) is 7.11 Å². The molecule has 1 aliphatic heterocycles. The van der Waals surface area contributed by atoms with Crippen molar-refractivity contribution < 1.29 is 14.0 Å². The Morgan fingerprint density at radius 3 is 2.24 bits per heavy atom. The van der Waals surface area contributed by atoms with Crippen molar-refractivity contribution in [2.45, 2.75) is 84.8 Å². The predicted octanol–water partition coefficient (Wildman–Crippen LogP) is 4.07. The van der Waals surface area contributed by atoms with E-state index in [2.05, 4.69) is 47.6 Å². The highest BCUT2D eigenvalue weighted by Crippen LogP contribution is 2.39. The first kappa shape index (κ1) is 18.8. The monoisotopic (exact) mass is 344 g/mol. The highest BCUT2D eigenvalue weighted by molar-refractivity contribution is 6.63. The van der Waals surface area contributed by atoms with Crippen LogP contribution in [0.15, 0.2) is 6.07 Å². The van der Waals surface area contributed by atoms with Gasteiger partial charge < -0.3 is 14.0 Å². The standard InChI is InChI=1S/C21H33BO3/c1-14(2)12-17-16-11-9-8-10-15(16)13-18(23-7)19(17)22-24-20(3,4)21(5,6)25-22/h13-14H,8-12H2,1-7H3. The molecule has 0 spiro atoms. The van der Waals surface area contributed by atoms with Gasteiger partial charge in [0.25, 0.3) is 0 Å². The van der Waals surface area contributed by atoms with Gasteiger partial charge in [0.15, 0.2) is 0 Å². The average Bonchev–Trinajstić information content (AvgIpc) is 2.74. The van der Waals surface area contributed by atoms with Gasteiger partial charge in [-0.3, -0.25) is 0 Å². The van der Waals surface area contributed by atoms with Gasteiger partial charge in [0.05, 0.1) is 18.3 Å². The summed E-state index contributed by atoms with van der Waals surface area (Å²) in [6.07, 6.45) is 5.90. The van der Waals surface area contributed by atoms with Crippen LogP contribution in [0.25, 0.3) is 0 Å². The van der Waals surface area contributed by atoms with E-state index in [4.69, 9.17) is 14.0 Å². The Balaban J connectivity index is 2.14. The van der Waals surface area contributed by atoms with E-state index in [1.165, 1.54) is 29.5 Å². The molecule has 1 aliphatic carbocycles. The fourth-order valence-electron chi connectivity index (χ4n) is 4.01. The van der Waals surface area contributed by atoms with Gasteiger partial charge in [-0.05, 0) is 88.5 Å². The molecule has 0 amide bonds. The van der Waals surface area contributed by atoms with Crippen molar-refractivity contribution in [2.24, 2.45) is 5.92 Å². The minimum atomic E-state index is -0.360. The summed E-state index contributed by atoms with van der Waals surface area (Å²) in [5.41, 5.74) is 4.82. The van der Waals surface area contributed by atoms with Crippen molar-refractivity contribution >= 4 is 12.6 Å². The van der Waals surface area contributed by atoms with Crippen LogP contribution in [0.2, 0.25) is 0 Å². The second-order valence-electron chi connectivity index (χ2n) is 9.00. The van der Waals surface area contributed by atoms with Gasteiger partial charge in [-0.2, -0.15) is 0 Å². The van der Waals surface area contributed by atoms with Crippen molar-refractivity contribution in [1.82, 2.24) is 0 Å². The fraction of sp³-hybridized carbons (Fsp3) is 0.714. The first-order valence-electron chi connectivity index (χ1n) is 9.73. The van der Waals surface area contributed by atoms with Crippen LogP contribution in [0, 0.1) is 5.92 Å². The number of aryl methyl sites for hydroxylation is 1. The van der Waals surface area contributed by atoms with Crippen molar-refractivity contribution in [3.63, 3.8) is 0 Å². The first-order chi connectivity index (χ1) is 11.7. The van der Waals surface area contributed by atoms with E-state index in [1.807, 2.05) is 0 Å². The summed E-state index contributed by atoms with van der Waals surface area (Å²) >= 11 is 0.